The van der Waals surface area contributed by atoms with Crippen LogP contribution in [-0.4, -0.2) is 50.5 Å². The van der Waals surface area contributed by atoms with Crippen LogP contribution in [0.4, 0.5) is 0 Å². The van der Waals surface area contributed by atoms with Gasteiger partial charge in [0, 0.05) is 6.07 Å². The first-order valence-electron chi connectivity index (χ1n) is 8.70. The maximum atomic E-state index is 11.9. The lowest BCUT2D eigenvalue weighted by atomic mass is 10.2. The normalized spacial score (nSPS) is 10.1. The SMILES string of the molecule is CCOc1ccc(OCCNC(=O)COC(=O)c2ccc(OC)cc2O)cc1. The molecule has 0 heterocycles. The van der Waals surface area contributed by atoms with E-state index < -0.39 is 18.5 Å². The molecule has 2 rings (SSSR count). The lowest BCUT2D eigenvalue weighted by molar-refractivity contribution is -0.124. The molecule has 0 bridgehead atoms. The number of methoxy groups -OCH3 is 1. The first kappa shape index (κ1) is 20.9. The molecule has 150 valence electrons. The van der Waals surface area contributed by atoms with E-state index in [1.807, 2.05) is 6.92 Å². The number of rotatable bonds is 10. The maximum absolute atomic E-state index is 11.9. The van der Waals surface area contributed by atoms with Gasteiger partial charge in [0.2, 0.25) is 0 Å². The number of benzene rings is 2. The molecule has 0 atom stereocenters. The van der Waals surface area contributed by atoms with Crippen molar-refractivity contribution in [1.29, 1.82) is 0 Å². The first-order chi connectivity index (χ1) is 13.5. The third kappa shape index (κ3) is 6.39. The minimum Gasteiger partial charge on any atom is -0.507 e. The van der Waals surface area contributed by atoms with Crippen LogP contribution in [0.3, 0.4) is 0 Å². The van der Waals surface area contributed by atoms with Crippen LogP contribution in [0.2, 0.25) is 0 Å². The minimum atomic E-state index is -0.805. The van der Waals surface area contributed by atoms with Crippen molar-refractivity contribution in [2.45, 2.75) is 6.92 Å². The van der Waals surface area contributed by atoms with Gasteiger partial charge in [0.15, 0.2) is 6.61 Å². The molecule has 0 aliphatic rings. The second kappa shape index (κ2) is 10.7. The van der Waals surface area contributed by atoms with E-state index in [0.717, 1.165) is 5.75 Å². The van der Waals surface area contributed by atoms with E-state index >= 15 is 0 Å². The summed E-state index contributed by atoms with van der Waals surface area (Å²) in [5.41, 5.74) is -0.0487. The molecule has 8 nitrogen and oxygen atoms in total. The molecule has 0 spiro atoms. The Morgan fingerprint density at radius 3 is 2.25 bits per heavy atom. The van der Waals surface area contributed by atoms with Crippen LogP contribution in [0.25, 0.3) is 0 Å². The summed E-state index contributed by atoms with van der Waals surface area (Å²) >= 11 is 0. The van der Waals surface area contributed by atoms with E-state index in [0.29, 0.717) is 18.1 Å². The molecule has 0 aromatic heterocycles. The zero-order valence-electron chi connectivity index (χ0n) is 15.8. The van der Waals surface area contributed by atoms with Gasteiger partial charge in [-0.25, -0.2) is 4.79 Å². The molecule has 0 saturated carbocycles. The van der Waals surface area contributed by atoms with E-state index in [-0.39, 0.29) is 24.5 Å². The Balaban J connectivity index is 1.67. The largest absolute Gasteiger partial charge is 0.507 e. The molecule has 0 unspecified atom stereocenters. The standard InChI is InChI=1S/C20H23NO7/c1-3-26-14-4-6-15(7-5-14)27-11-10-21-19(23)13-28-20(24)17-9-8-16(25-2)12-18(17)22/h4-9,12,22H,3,10-11,13H2,1-2H3,(H,21,23). The number of phenols is 1. The number of phenolic OH excluding ortho intramolecular Hbond substituents is 1. The molecule has 0 aliphatic heterocycles. The molecular formula is C20H23NO7. The van der Waals surface area contributed by atoms with Crippen molar-refractivity contribution in [3.63, 3.8) is 0 Å². The van der Waals surface area contributed by atoms with Crippen molar-refractivity contribution >= 4 is 11.9 Å². The van der Waals surface area contributed by atoms with Crippen molar-refractivity contribution in [1.82, 2.24) is 5.32 Å². The zero-order chi connectivity index (χ0) is 20.4. The quantitative estimate of drug-likeness (QED) is 0.474. The smallest absolute Gasteiger partial charge is 0.342 e. The average Bonchev–Trinajstić information content (AvgIpc) is 2.70. The maximum Gasteiger partial charge on any atom is 0.342 e. The number of hydrogen-bond donors (Lipinski definition) is 2. The monoisotopic (exact) mass is 389 g/mol. The predicted molar refractivity (Wildman–Crippen MR) is 101 cm³/mol. The summed E-state index contributed by atoms with van der Waals surface area (Å²) < 4.78 is 20.7. The molecule has 2 N–H and O–H groups in total. The fourth-order valence-electron chi connectivity index (χ4n) is 2.23. The van der Waals surface area contributed by atoms with Gasteiger partial charge < -0.3 is 29.4 Å². The molecular weight excluding hydrogens is 366 g/mol. The van der Waals surface area contributed by atoms with Crippen LogP contribution in [-0.2, 0) is 9.53 Å². The first-order valence-corrected chi connectivity index (χ1v) is 8.70. The summed E-state index contributed by atoms with van der Waals surface area (Å²) in [6.07, 6.45) is 0. The van der Waals surface area contributed by atoms with Gasteiger partial charge in [-0.3, -0.25) is 4.79 Å². The highest BCUT2D eigenvalue weighted by Crippen LogP contribution is 2.23. The molecule has 0 radical (unpaired) electrons. The van der Waals surface area contributed by atoms with E-state index in [9.17, 15) is 14.7 Å². The second-order valence-corrected chi connectivity index (χ2v) is 5.56. The summed E-state index contributed by atoms with van der Waals surface area (Å²) in [6.45, 7) is 2.54. The topological polar surface area (TPSA) is 103 Å². The lowest BCUT2D eigenvalue weighted by Crippen LogP contribution is -2.32. The molecule has 0 saturated heterocycles. The minimum absolute atomic E-state index is 0.0487. The van der Waals surface area contributed by atoms with Gasteiger partial charge in [0.1, 0.15) is 35.2 Å². The Hall–Kier alpha value is -3.42. The summed E-state index contributed by atoms with van der Waals surface area (Å²) in [6, 6.07) is 11.3. The number of carbonyl (C=O) groups is 2. The van der Waals surface area contributed by atoms with E-state index in [4.69, 9.17) is 18.9 Å². The summed E-state index contributed by atoms with van der Waals surface area (Å²) in [7, 11) is 1.44. The molecule has 0 fully saturated rings. The number of nitrogens with one attached hydrogen (secondary N) is 1. The number of esters is 1. The van der Waals surface area contributed by atoms with Crippen LogP contribution in [0.15, 0.2) is 42.5 Å². The van der Waals surface area contributed by atoms with Gasteiger partial charge in [0.25, 0.3) is 5.91 Å². The number of carbonyl (C=O) groups excluding carboxylic acids is 2. The Morgan fingerprint density at radius 2 is 1.64 bits per heavy atom. The summed E-state index contributed by atoms with van der Waals surface area (Å²) in [5, 5.41) is 12.4. The van der Waals surface area contributed by atoms with Crippen molar-refractivity contribution < 1.29 is 33.6 Å². The third-order valence-electron chi connectivity index (χ3n) is 3.59. The number of ether oxygens (including phenoxy) is 4. The van der Waals surface area contributed by atoms with Gasteiger partial charge >= 0.3 is 5.97 Å². The molecule has 2 aromatic carbocycles. The highest BCUT2D eigenvalue weighted by molar-refractivity contribution is 5.94. The molecule has 2 aromatic rings. The number of amides is 1. The highest BCUT2D eigenvalue weighted by Gasteiger charge is 2.15. The van der Waals surface area contributed by atoms with Gasteiger partial charge in [-0.1, -0.05) is 0 Å². The van der Waals surface area contributed by atoms with Crippen LogP contribution in [0.1, 0.15) is 17.3 Å². The Labute approximate surface area is 163 Å². The fourth-order valence-corrected chi connectivity index (χ4v) is 2.23. The van der Waals surface area contributed by atoms with E-state index in [2.05, 4.69) is 5.32 Å². The van der Waals surface area contributed by atoms with Crippen molar-refractivity contribution in [3.05, 3.63) is 48.0 Å². The second-order valence-electron chi connectivity index (χ2n) is 5.56. The van der Waals surface area contributed by atoms with Gasteiger partial charge in [-0.15, -0.1) is 0 Å². The summed E-state index contributed by atoms with van der Waals surface area (Å²) in [4.78, 5) is 23.7. The van der Waals surface area contributed by atoms with Crippen LogP contribution in [0.5, 0.6) is 23.0 Å². The van der Waals surface area contributed by atoms with Crippen molar-refractivity contribution in [3.8, 4) is 23.0 Å². The van der Waals surface area contributed by atoms with Crippen LogP contribution >= 0.6 is 0 Å². The zero-order valence-corrected chi connectivity index (χ0v) is 15.8. The van der Waals surface area contributed by atoms with Crippen molar-refractivity contribution in [2.75, 3.05) is 33.5 Å². The van der Waals surface area contributed by atoms with E-state index in [1.165, 1.54) is 25.3 Å². The molecule has 1 amide bonds. The third-order valence-corrected chi connectivity index (χ3v) is 3.59. The molecule has 0 aliphatic carbocycles. The van der Waals surface area contributed by atoms with Gasteiger partial charge in [-0.2, -0.15) is 0 Å². The Morgan fingerprint density at radius 1 is 1.00 bits per heavy atom. The van der Waals surface area contributed by atoms with Crippen LogP contribution in [0, 0.1) is 0 Å². The predicted octanol–water partition coefficient (Wildman–Crippen LogP) is 2.15. The fraction of sp³-hybridized carbons (Fsp3) is 0.300. The number of aromatic hydroxyl groups is 1. The van der Waals surface area contributed by atoms with Crippen LogP contribution < -0.4 is 19.5 Å². The molecule has 8 heteroatoms. The van der Waals surface area contributed by atoms with E-state index in [1.54, 1.807) is 24.3 Å². The number of hydrogen-bond acceptors (Lipinski definition) is 7. The lowest BCUT2D eigenvalue weighted by Gasteiger charge is -2.10. The Kier molecular flexibility index (Phi) is 7.95. The Bertz CT molecular complexity index is 790. The molecule has 28 heavy (non-hydrogen) atoms. The van der Waals surface area contributed by atoms with Gasteiger partial charge in [0.05, 0.1) is 20.3 Å². The summed E-state index contributed by atoms with van der Waals surface area (Å²) in [5.74, 6) is 0.248. The highest BCUT2D eigenvalue weighted by atomic mass is 16.5. The van der Waals surface area contributed by atoms with Gasteiger partial charge in [-0.05, 0) is 43.3 Å². The average molecular weight is 389 g/mol. The van der Waals surface area contributed by atoms with Crippen molar-refractivity contribution in [2.24, 2.45) is 0 Å².